The summed E-state index contributed by atoms with van der Waals surface area (Å²) in [5.74, 6) is -0.314. The number of nitrogens with one attached hydrogen (secondary N) is 3. The fourth-order valence-electron chi connectivity index (χ4n) is 2.27. The van der Waals surface area contributed by atoms with Crippen molar-refractivity contribution in [3.63, 3.8) is 0 Å². The molecule has 0 aromatic heterocycles. The predicted octanol–water partition coefficient (Wildman–Crippen LogP) is 2.68. The first-order valence-corrected chi connectivity index (χ1v) is 9.73. The van der Waals surface area contributed by atoms with Crippen molar-refractivity contribution >= 4 is 33.0 Å². The van der Waals surface area contributed by atoms with Crippen molar-refractivity contribution in [3.05, 3.63) is 53.6 Å². The summed E-state index contributed by atoms with van der Waals surface area (Å²) in [7, 11) is -3.40. The Bertz CT molecular complexity index is 965. The number of anilines is 3. The van der Waals surface area contributed by atoms with E-state index < -0.39 is 16.1 Å². The van der Waals surface area contributed by atoms with E-state index in [-0.39, 0.29) is 5.91 Å². The molecule has 0 saturated heterocycles. The fourth-order valence-corrected chi connectivity index (χ4v) is 2.89. The molecule has 2 aromatic rings. The number of rotatable bonds is 6. The van der Waals surface area contributed by atoms with Crippen LogP contribution in [0.3, 0.4) is 0 Å². The van der Waals surface area contributed by atoms with Gasteiger partial charge in [0, 0.05) is 5.69 Å². The molecule has 1 unspecified atom stereocenters. The second-order valence-electron chi connectivity index (χ2n) is 5.92. The molecule has 0 bridgehead atoms. The van der Waals surface area contributed by atoms with Crippen molar-refractivity contribution in [1.29, 1.82) is 5.26 Å². The fraction of sp³-hybridized carbons (Fsp3) is 0.222. The number of hydrogen-bond acceptors (Lipinski definition) is 5. The van der Waals surface area contributed by atoms with Crippen LogP contribution in [0.2, 0.25) is 0 Å². The molecule has 0 heterocycles. The van der Waals surface area contributed by atoms with Gasteiger partial charge in [-0.3, -0.25) is 9.52 Å². The first-order chi connectivity index (χ1) is 12.2. The third kappa shape index (κ3) is 5.22. The highest BCUT2D eigenvalue weighted by atomic mass is 32.2. The van der Waals surface area contributed by atoms with Gasteiger partial charge < -0.3 is 10.6 Å². The number of para-hydroxylation sites is 1. The van der Waals surface area contributed by atoms with Gasteiger partial charge in [-0.25, -0.2) is 8.42 Å². The van der Waals surface area contributed by atoms with Gasteiger partial charge in [0.05, 0.1) is 23.2 Å². The van der Waals surface area contributed by atoms with Crippen LogP contribution in [0.5, 0.6) is 0 Å². The van der Waals surface area contributed by atoms with Crippen LogP contribution in [0.1, 0.15) is 18.1 Å². The normalized spacial score (nSPS) is 11.9. The Kier molecular flexibility index (Phi) is 5.85. The maximum absolute atomic E-state index is 12.4. The van der Waals surface area contributed by atoms with Gasteiger partial charge in [-0.1, -0.05) is 18.2 Å². The lowest BCUT2D eigenvalue weighted by atomic mass is 10.1. The smallest absolute Gasteiger partial charge is 0.246 e. The van der Waals surface area contributed by atoms with E-state index in [1.54, 1.807) is 56.3 Å². The minimum absolute atomic E-state index is 0.314. The van der Waals surface area contributed by atoms with Crippen molar-refractivity contribution in [1.82, 2.24) is 0 Å². The molecule has 0 radical (unpaired) electrons. The molecular formula is C18H20N4O3S. The highest BCUT2D eigenvalue weighted by molar-refractivity contribution is 7.92. The molecule has 26 heavy (non-hydrogen) atoms. The van der Waals surface area contributed by atoms with Gasteiger partial charge in [0.1, 0.15) is 12.1 Å². The Hall–Kier alpha value is -3.05. The number of hydrogen-bond donors (Lipinski definition) is 3. The number of nitriles is 1. The number of carbonyl (C=O) groups excluding carboxylic acids is 1. The molecular weight excluding hydrogens is 352 g/mol. The summed E-state index contributed by atoms with van der Waals surface area (Å²) in [4.78, 5) is 12.4. The van der Waals surface area contributed by atoms with Gasteiger partial charge in [0.2, 0.25) is 15.9 Å². The van der Waals surface area contributed by atoms with Gasteiger partial charge in [0.25, 0.3) is 0 Å². The van der Waals surface area contributed by atoms with E-state index in [9.17, 15) is 13.2 Å². The minimum atomic E-state index is -3.40. The Morgan fingerprint density at radius 3 is 2.50 bits per heavy atom. The van der Waals surface area contributed by atoms with E-state index in [1.165, 1.54) is 0 Å². The molecule has 0 saturated carbocycles. The SMILES string of the molecule is Cc1ccc(NC(C)C(=O)Nc2ccccc2C#N)cc1NS(C)(=O)=O. The van der Waals surface area contributed by atoms with Crippen LogP contribution in [0.15, 0.2) is 42.5 Å². The van der Waals surface area contributed by atoms with E-state index in [0.29, 0.717) is 22.6 Å². The molecule has 0 aliphatic rings. The van der Waals surface area contributed by atoms with Crippen LogP contribution in [0.4, 0.5) is 17.1 Å². The van der Waals surface area contributed by atoms with Gasteiger partial charge in [-0.2, -0.15) is 5.26 Å². The van der Waals surface area contributed by atoms with Crippen LogP contribution in [-0.4, -0.2) is 26.6 Å². The number of amides is 1. The van der Waals surface area contributed by atoms with Crippen LogP contribution in [0.25, 0.3) is 0 Å². The molecule has 8 heteroatoms. The molecule has 3 N–H and O–H groups in total. The average molecular weight is 372 g/mol. The number of aryl methyl sites for hydroxylation is 1. The summed E-state index contributed by atoms with van der Waals surface area (Å²) >= 11 is 0. The highest BCUT2D eigenvalue weighted by Crippen LogP contribution is 2.22. The monoisotopic (exact) mass is 372 g/mol. The van der Waals surface area contributed by atoms with Gasteiger partial charge in [-0.05, 0) is 43.7 Å². The third-order valence-corrected chi connectivity index (χ3v) is 4.21. The lowest BCUT2D eigenvalue weighted by Crippen LogP contribution is -2.32. The molecule has 2 aromatic carbocycles. The van der Waals surface area contributed by atoms with E-state index in [2.05, 4.69) is 15.4 Å². The van der Waals surface area contributed by atoms with Gasteiger partial charge >= 0.3 is 0 Å². The standard InChI is InChI=1S/C18H20N4O3S/c1-12-8-9-15(10-17(12)22-26(3,24)25)20-13(2)18(23)21-16-7-5-4-6-14(16)11-19/h4-10,13,20,22H,1-3H3,(H,21,23). The number of nitrogens with zero attached hydrogens (tertiary/aromatic N) is 1. The molecule has 0 fully saturated rings. The highest BCUT2D eigenvalue weighted by Gasteiger charge is 2.15. The van der Waals surface area contributed by atoms with E-state index in [0.717, 1.165) is 11.8 Å². The Morgan fingerprint density at radius 1 is 1.15 bits per heavy atom. The molecule has 1 atom stereocenters. The lowest BCUT2D eigenvalue weighted by Gasteiger charge is -2.17. The van der Waals surface area contributed by atoms with Crippen molar-refractivity contribution in [2.24, 2.45) is 0 Å². The molecule has 7 nitrogen and oxygen atoms in total. The maximum atomic E-state index is 12.4. The summed E-state index contributed by atoms with van der Waals surface area (Å²) in [5, 5.41) is 14.8. The third-order valence-electron chi connectivity index (χ3n) is 3.61. The second-order valence-corrected chi connectivity index (χ2v) is 7.67. The molecule has 0 aliphatic carbocycles. The van der Waals surface area contributed by atoms with Crippen molar-refractivity contribution < 1.29 is 13.2 Å². The summed E-state index contributed by atoms with van der Waals surface area (Å²) < 4.78 is 25.3. The second kappa shape index (κ2) is 7.89. The topological polar surface area (TPSA) is 111 Å². The van der Waals surface area contributed by atoms with E-state index >= 15 is 0 Å². The zero-order valence-corrected chi connectivity index (χ0v) is 15.5. The summed E-state index contributed by atoms with van der Waals surface area (Å²) in [6.07, 6.45) is 1.08. The van der Waals surface area contributed by atoms with Gasteiger partial charge in [-0.15, -0.1) is 0 Å². The van der Waals surface area contributed by atoms with Crippen LogP contribution in [0, 0.1) is 18.3 Å². The molecule has 136 valence electrons. The predicted molar refractivity (Wildman–Crippen MR) is 103 cm³/mol. The Morgan fingerprint density at radius 2 is 1.85 bits per heavy atom. The minimum Gasteiger partial charge on any atom is -0.374 e. The first-order valence-electron chi connectivity index (χ1n) is 7.84. The lowest BCUT2D eigenvalue weighted by molar-refractivity contribution is -0.116. The molecule has 0 aliphatic heterocycles. The zero-order valence-electron chi connectivity index (χ0n) is 14.7. The van der Waals surface area contributed by atoms with E-state index in [1.807, 2.05) is 6.07 Å². The Balaban J connectivity index is 2.12. The van der Waals surface area contributed by atoms with Crippen LogP contribution in [-0.2, 0) is 14.8 Å². The largest absolute Gasteiger partial charge is 0.374 e. The molecule has 1 amide bonds. The van der Waals surface area contributed by atoms with Crippen LogP contribution >= 0.6 is 0 Å². The maximum Gasteiger partial charge on any atom is 0.246 e. The Labute approximate surface area is 153 Å². The quantitative estimate of drug-likeness (QED) is 0.722. The number of benzene rings is 2. The van der Waals surface area contributed by atoms with Gasteiger partial charge in [0.15, 0.2) is 0 Å². The van der Waals surface area contributed by atoms with Crippen molar-refractivity contribution in [2.75, 3.05) is 21.6 Å². The molecule has 0 spiro atoms. The summed E-state index contributed by atoms with van der Waals surface area (Å²) in [5.41, 5.74) is 2.62. The molecule has 2 rings (SSSR count). The van der Waals surface area contributed by atoms with E-state index in [4.69, 9.17) is 5.26 Å². The van der Waals surface area contributed by atoms with Crippen LogP contribution < -0.4 is 15.4 Å². The number of sulfonamides is 1. The van der Waals surface area contributed by atoms with Crippen molar-refractivity contribution in [2.45, 2.75) is 19.9 Å². The van der Waals surface area contributed by atoms with Crippen molar-refractivity contribution in [3.8, 4) is 6.07 Å². The zero-order chi connectivity index (χ0) is 19.3. The summed E-state index contributed by atoms with van der Waals surface area (Å²) in [6, 6.07) is 13.3. The average Bonchev–Trinajstić information content (AvgIpc) is 2.57. The first kappa shape index (κ1) is 19.3. The number of carbonyl (C=O) groups is 1. The summed E-state index contributed by atoms with van der Waals surface area (Å²) in [6.45, 7) is 3.46.